The van der Waals surface area contributed by atoms with Crippen LogP contribution in [0.3, 0.4) is 0 Å². The standard InChI is InChI=1S/C8H8Cl2S/c1-6(4-5-9)7-2-3-8(10)11-7/h2-3H,1,4-5H2. The minimum Gasteiger partial charge on any atom is -0.126 e. The Morgan fingerprint density at radius 2 is 2.27 bits per heavy atom. The zero-order chi connectivity index (χ0) is 8.27. The van der Waals surface area contributed by atoms with Crippen molar-refractivity contribution in [2.24, 2.45) is 0 Å². The van der Waals surface area contributed by atoms with E-state index in [0.717, 1.165) is 21.2 Å². The van der Waals surface area contributed by atoms with Crippen molar-refractivity contribution in [2.75, 3.05) is 5.88 Å². The van der Waals surface area contributed by atoms with Gasteiger partial charge in [-0.25, -0.2) is 0 Å². The largest absolute Gasteiger partial charge is 0.126 e. The molecule has 1 rings (SSSR count). The Morgan fingerprint density at radius 3 is 2.73 bits per heavy atom. The van der Waals surface area contributed by atoms with Crippen molar-refractivity contribution in [1.82, 2.24) is 0 Å². The highest BCUT2D eigenvalue weighted by atomic mass is 35.5. The molecule has 0 aromatic carbocycles. The first-order chi connectivity index (χ1) is 5.24. The van der Waals surface area contributed by atoms with E-state index in [-0.39, 0.29) is 0 Å². The van der Waals surface area contributed by atoms with Crippen LogP contribution in [0.5, 0.6) is 0 Å². The Labute approximate surface area is 80.4 Å². The van der Waals surface area contributed by atoms with Crippen LogP contribution in [0.4, 0.5) is 0 Å². The fourth-order valence-corrected chi connectivity index (χ4v) is 2.01. The molecule has 0 saturated carbocycles. The van der Waals surface area contributed by atoms with Gasteiger partial charge in [0.1, 0.15) is 0 Å². The maximum Gasteiger partial charge on any atom is 0.0934 e. The first kappa shape index (κ1) is 9.11. The summed E-state index contributed by atoms with van der Waals surface area (Å²) in [5, 5.41) is 0. The molecule has 0 nitrogen and oxygen atoms in total. The molecule has 60 valence electrons. The molecule has 0 fully saturated rings. The minimum atomic E-state index is 0.619. The molecule has 3 heteroatoms. The quantitative estimate of drug-likeness (QED) is 0.656. The van der Waals surface area contributed by atoms with Gasteiger partial charge in [0, 0.05) is 10.8 Å². The number of allylic oxidation sites excluding steroid dienone is 1. The van der Waals surface area contributed by atoms with Gasteiger partial charge in [-0.3, -0.25) is 0 Å². The van der Waals surface area contributed by atoms with Gasteiger partial charge in [0.05, 0.1) is 4.34 Å². The predicted octanol–water partition coefficient (Wildman–Crippen LogP) is 4.04. The Bertz CT molecular complexity index is 252. The van der Waals surface area contributed by atoms with Crippen molar-refractivity contribution in [3.05, 3.63) is 27.9 Å². The topological polar surface area (TPSA) is 0 Å². The summed E-state index contributed by atoms with van der Waals surface area (Å²) in [6, 6.07) is 3.85. The first-order valence-corrected chi connectivity index (χ1v) is 4.96. The maximum absolute atomic E-state index is 5.75. The van der Waals surface area contributed by atoms with Crippen LogP contribution in [0, 0.1) is 0 Å². The van der Waals surface area contributed by atoms with Crippen LogP contribution in [0.25, 0.3) is 5.57 Å². The molecule has 0 saturated heterocycles. The Hall–Kier alpha value is 0.0200. The molecule has 0 aliphatic heterocycles. The van der Waals surface area contributed by atoms with Gasteiger partial charge < -0.3 is 0 Å². The van der Waals surface area contributed by atoms with Gasteiger partial charge in [-0.1, -0.05) is 18.2 Å². The SMILES string of the molecule is C=C(CCCl)c1ccc(Cl)s1. The van der Waals surface area contributed by atoms with Crippen LogP contribution in [0.1, 0.15) is 11.3 Å². The van der Waals surface area contributed by atoms with Gasteiger partial charge in [0.25, 0.3) is 0 Å². The summed E-state index contributed by atoms with van der Waals surface area (Å²) in [6.45, 7) is 3.90. The Kier molecular flexibility index (Phi) is 3.44. The summed E-state index contributed by atoms with van der Waals surface area (Å²) in [5.74, 6) is 0.619. The summed E-state index contributed by atoms with van der Waals surface area (Å²) < 4.78 is 0.802. The van der Waals surface area contributed by atoms with Gasteiger partial charge >= 0.3 is 0 Å². The molecule has 0 unspecified atom stereocenters. The van der Waals surface area contributed by atoms with Crippen LogP contribution in [-0.4, -0.2) is 5.88 Å². The Morgan fingerprint density at radius 1 is 1.55 bits per heavy atom. The molecule has 0 radical (unpaired) electrons. The lowest BCUT2D eigenvalue weighted by atomic mass is 10.2. The molecule has 1 aromatic rings. The van der Waals surface area contributed by atoms with Crippen molar-refractivity contribution in [3.63, 3.8) is 0 Å². The van der Waals surface area contributed by atoms with E-state index in [0.29, 0.717) is 5.88 Å². The van der Waals surface area contributed by atoms with E-state index in [1.54, 1.807) is 11.3 Å². The molecular weight excluding hydrogens is 199 g/mol. The van der Waals surface area contributed by atoms with Crippen LogP contribution >= 0.6 is 34.5 Å². The molecule has 0 N–H and O–H groups in total. The van der Waals surface area contributed by atoms with Crippen LogP contribution in [0.2, 0.25) is 4.34 Å². The zero-order valence-electron chi connectivity index (χ0n) is 5.94. The van der Waals surface area contributed by atoms with Crippen LogP contribution in [0.15, 0.2) is 18.7 Å². The second-order valence-corrected chi connectivity index (χ2v) is 4.24. The van der Waals surface area contributed by atoms with Crippen molar-refractivity contribution in [1.29, 1.82) is 0 Å². The molecule has 0 amide bonds. The predicted molar refractivity (Wildman–Crippen MR) is 53.7 cm³/mol. The highest BCUT2D eigenvalue weighted by Gasteiger charge is 2.00. The maximum atomic E-state index is 5.75. The summed E-state index contributed by atoms with van der Waals surface area (Å²) in [7, 11) is 0. The third-order valence-electron chi connectivity index (χ3n) is 1.32. The molecule has 0 aliphatic carbocycles. The van der Waals surface area contributed by atoms with E-state index >= 15 is 0 Å². The van der Waals surface area contributed by atoms with E-state index in [1.165, 1.54) is 0 Å². The van der Waals surface area contributed by atoms with Gasteiger partial charge in [0.2, 0.25) is 0 Å². The molecule has 1 heterocycles. The molecule has 0 atom stereocenters. The number of alkyl halides is 1. The summed E-state index contributed by atoms with van der Waals surface area (Å²) >= 11 is 12.9. The van der Waals surface area contributed by atoms with E-state index in [4.69, 9.17) is 23.2 Å². The second-order valence-electron chi connectivity index (χ2n) is 2.15. The fraction of sp³-hybridized carbons (Fsp3) is 0.250. The van der Waals surface area contributed by atoms with Crippen molar-refractivity contribution in [2.45, 2.75) is 6.42 Å². The second kappa shape index (κ2) is 4.15. The molecule has 0 bridgehead atoms. The average molecular weight is 207 g/mol. The van der Waals surface area contributed by atoms with Crippen molar-refractivity contribution in [3.8, 4) is 0 Å². The van der Waals surface area contributed by atoms with Crippen LogP contribution in [-0.2, 0) is 0 Å². The van der Waals surface area contributed by atoms with E-state index in [1.807, 2.05) is 12.1 Å². The highest BCUT2D eigenvalue weighted by Crippen LogP contribution is 2.28. The van der Waals surface area contributed by atoms with Gasteiger partial charge in [-0.15, -0.1) is 22.9 Å². The third-order valence-corrected chi connectivity index (χ3v) is 2.84. The Balaban J connectivity index is 2.69. The number of halogens is 2. The van der Waals surface area contributed by atoms with E-state index in [2.05, 4.69) is 6.58 Å². The lowest BCUT2D eigenvalue weighted by Crippen LogP contribution is -1.77. The van der Waals surface area contributed by atoms with E-state index < -0.39 is 0 Å². The summed E-state index contributed by atoms with van der Waals surface area (Å²) in [6.07, 6.45) is 0.832. The van der Waals surface area contributed by atoms with E-state index in [9.17, 15) is 0 Å². The van der Waals surface area contributed by atoms with Crippen molar-refractivity contribution < 1.29 is 0 Å². The monoisotopic (exact) mass is 206 g/mol. The molecule has 0 spiro atoms. The van der Waals surface area contributed by atoms with Crippen LogP contribution < -0.4 is 0 Å². The molecule has 11 heavy (non-hydrogen) atoms. The molecule has 1 aromatic heterocycles. The lowest BCUT2D eigenvalue weighted by Gasteiger charge is -1.96. The lowest BCUT2D eigenvalue weighted by molar-refractivity contribution is 1.27. The van der Waals surface area contributed by atoms with Gasteiger partial charge in [0.15, 0.2) is 0 Å². The normalized spacial score (nSPS) is 10.0. The number of hydrogen-bond acceptors (Lipinski definition) is 1. The number of hydrogen-bond donors (Lipinski definition) is 0. The number of thiophene rings is 1. The van der Waals surface area contributed by atoms with Gasteiger partial charge in [-0.05, 0) is 24.1 Å². The zero-order valence-corrected chi connectivity index (χ0v) is 8.27. The fourth-order valence-electron chi connectivity index (χ4n) is 0.742. The van der Waals surface area contributed by atoms with Gasteiger partial charge in [-0.2, -0.15) is 0 Å². The minimum absolute atomic E-state index is 0.619. The van der Waals surface area contributed by atoms with Crippen molar-refractivity contribution >= 4 is 40.1 Å². The summed E-state index contributed by atoms with van der Waals surface area (Å²) in [5.41, 5.74) is 1.07. The molecular formula is C8H8Cl2S. The average Bonchev–Trinajstić information content (AvgIpc) is 2.36. The smallest absolute Gasteiger partial charge is 0.0934 e. The summed E-state index contributed by atoms with van der Waals surface area (Å²) in [4.78, 5) is 1.13. The highest BCUT2D eigenvalue weighted by molar-refractivity contribution is 7.17. The third kappa shape index (κ3) is 2.51. The first-order valence-electron chi connectivity index (χ1n) is 3.23. The number of rotatable bonds is 3. The molecule has 0 aliphatic rings.